The van der Waals surface area contributed by atoms with Gasteiger partial charge in [0.1, 0.15) is 0 Å². The molecule has 2 atom stereocenters. The molecule has 14 heteroatoms. The van der Waals surface area contributed by atoms with Gasteiger partial charge < -0.3 is 5.32 Å². The van der Waals surface area contributed by atoms with E-state index in [1.165, 1.54) is 0 Å². The van der Waals surface area contributed by atoms with Crippen LogP contribution in [0, 0.1) is 16.0 Å². The van der Waals surface area contributed by atoms with Crippen LogP contribution in [0.4, 0.5) is 0 Å². The third-order valence-corrected chi connectivity index (χ3v) is 3.10. The zero-order chi connectivity index (χ0) is 19.9. The molecule has 0 aromatic carbocycles. The van der Waals surface area contributed by atoms with Gasteiger partial charge in [0, 0.05) is 23.5 Å². The summed E-state index contributed by atoms with van der Waals surface area (Å²) in [7, 11) is -4.67. The van der Waals surface area contributed by atoms with Crippen molar-refractivity contribution in [3.05, 3.63) is 62.9 Å². The Bertz CT molecular complexity index is 828. The van der Waals surface area contributed by atoms with Gasteiger partial charge in [0.05, 0.1) is 10.8 Å². The van der Waals surface area contributed by atoms with Crippen molar-refractivity contribution in [2.45, 2.75) is 6.04 Å². The van der Waals surface area contributed by atoms with Gasteiger partial charge in [0.2, 0.25) is 0 Å². The molecule has 1 aromatic heterocycles. The van der Waals surface area contributed by atoms with E-state index in [-0.39, 0.29) is 22.6 Å². The van der Waals surface area contributed by atoms with Crippen LogP contribution in [0.25, 0.3) is 11.4 Å². The predicted molar refractivity (Wildman–Crippen MR) is 82.1 cm³/mol. The standard InChI is InChI=1S/C12H10N3O2.H2O4S.2H2O.O.V/c16-15(17)10-7-8-3-1-5-13-11(8)12-9(10)4-2-6-14-12;1-5(2,3)4;;;;/h1-5,7,9,12H,6H2;(H2,1,2,3,4);2*1H2;;/q-1;;;;;+2/p-2. The molecule has 0 amide bonds. The van der Waals surface area contributed by atoms with E-state index in [1.54, 1.807) is 18.3 Å². The Hall–Kier alpha value is -1.84. The van der Waals surface area contributed by atoms with Crippen molar-refractivity contribution >= 4 is 16.5 Å². The van der Waals surface area contributed by atoms with Gasteiger partial charge in [-0.3, -0.25) is 24.2 Å². The van der Waals surface area contributed by atoms with Gasteiger partial charge in [0.15, 0.2) is 0 Å². The third kappa shape index (κ3) is 7.59. The maximum absolute atomic E-state index is 11.1. The molecule has 0 radical (unpaired) electrons. The van der Waals surface area contributed by atoms with Crippen LogP contribution in [0.2, 0.25) is 0 Å². The zero-order valence-corrected chi connectivity index (χ0v) is 15.1. The molecule has 0 fully saturated rings. The van der Waals surface area contributed by atoms with E-state index in [2.05, 4.69) is 10.3 Å². The van der Waals surface area contributed by atoms with Gasteiger partial charge in [-0.15, -0.1) is 12.6 Å². The van der Waals surface area contributed by atoms with Crippen LogP contribution < -0.4 is 0 Å². The number of fused-ring (bicyclic) bond motifs is 3. The van der Waals surface area contributed by atoms with Gasteiger partial charge in [0.25, 0.3) is 5.70 Å². The molecule has 2 heterocycles. The molecule has 2 aliphatic rings. The zero-order valence-electron chi connectivity index (χ0n) is 12.9. The van der Waals surface area contributed by atoms with Crippen LogP contribution in [0.3, 0.4) is 0 Å². The van der Waals surface area contributed by atoms with Crippen LogP contribution in [0.15, 0.2) is 36.2 Å². The molecule has 1 aromatic rings. The molecular formula is C12H14N3O9SV-. The predicted octanol–water partition coefficient (Wildman–Crippen LogP) is 0.426. The molecule has 4 N–H and O–H groups in total. The number of nitro groups is 1. The van der Waals surface area contributed by atoms with Crippen LogP contribution in [-0.2, 0) is 29.9 Å². The Labute approximate surface area is 153 Å². The molecule has 0 bridgehead atoms. The first-order chi connectivity index (χ1) is 12.0. The second-order valence-electron chi connectivity index (χ2n) is 4.77. The Morgan fingerprint density at radius 2 is 1.92 bits per heavy atom. The summed E-state index contributed by atoms with van der Waals surface area (Å²) in [6.45, 7) is 0.599. The molecule has 0 saturated heterocycles. The first-order valence-corrected chi connectivity index (χ1v) is 9.91. The van der Waals surface area contributed by atoms with E-state index < -0.39 is 26.2 Å². The molecule has 26 heavy (non-hydrogen) atoms. The monoisotopic (exact) mass is 427 g/mol. The summed E-state index contributed by atoms with van der Waals surface area (Å²) in [5.74, 6) is -0.277. The molecule has 0 spiro atoms. The van der Waals surface area contributed by atoms with Gasteiger partial charge in [-0.25, -0.2) is 0 Å². The molecule has 3 rings (SSSR count). The van der Waals surface area contributed by atoms with Gasteiger partial charge >= 0.3 is 37.9 Å². The van der Waals surface area contributed by atoms with Crippen LogP contribution in [-0.4, -0.2) is 42.0 Å². The van der Waals surface area contributed by atoms with Crippen molar-refractivity contribution in [1.82, 2.24) is 4.98 Å². The van der Waals surface area contributed by atoms with Crippen LogP contribution >= 0.6 is 0 Å². The van der Waals surface area contributed by atoms with Crippen molar-refractivity contribution in [3.8, 4) is 0 Å². The van der Waals surface area contributed by atoms with E-state index in [4.69, 9.17) is 29.3 Å². The summed E-state index contributed by atoms with van der Waals surface area (Å²) >= 11 is -3.44. The van der Waals surface area contributed by atoms with Crippen LogP contribution in [0.5, 0.6) is 0 Å². The normalized spacial score (nSPS) is 20.1. The summed E-state index contributed by atoms with van der Waals surface area (Å²) in [6, 6.07) is 3.42. The van der Waals surface area contributed by atoms with Gasteiger partial charge in [-0.1, -0.05) is 18.2 Å². The summed E-state index contributed by atoms with van der Waals surface area (Å²) in [6.07, 6.45) is 7.04. The fourth-order valence-corrected chi connectivity index (χ4v) is 2.35. The molecule has 0 saturated carbocycles. The Morgan fingerprint density at radius 1 is 1.35 bits per heavy atom. The SMILES string of the molecule is O=S(=O)(O)O.O=[N+]([O-])C1=Cc2cccnc2C2[N-]CC=CC12.[O]=[V]([OH])[OH]. The maximum atomic E-state index is 11.1. The second kappa shape index (κ2) is 9.75. The molecule has 12 nitrogen and oxygen atoms in total. The Morgan fingerprint density at radius 3 is 2.46 bits per heavy atom. The third-order valence-electron chi connectivity index (χ3n) is 3.10. The quantitative estimate of drug-likeness (QED) is 0.210. The molecule has 1 aliphatic carbocycles. The van der Waals surface area contributed by atoms with Crippen molar-refractivity contribution in [2.75, 3.05) is 6.54 Å². The van der Waals surface area contributed by atoms with Gasteiger partial charge in [-0.05, 0) is 6.07 Å². The number of aromatic nitrogens is 1. The Balaban J connectivity index is 0.000000317. The fourth-order valence-electron chi connectivity index (χ4n) is 2.35. The first-order valence-electron chi connectivity index (χ1n) is 6.69. The average Bonchev–Trinajstić information content (AvgIpc) is 2.52. The number of hydrogen-bond donors (Lipinski definition) is 4. The van der Waals surface area contributed by atoms with Crippen molar-refractivity contribution in [3.63, 3.8) is 0 Å². The van der Waals surface area contributed by atoms with E-state index in [9.17, 15) is 10.1 Å². The van der Waals surface area contributed by atoms with E-state index in [1.807, 2.05) is 18.2 Å². The topological polar surface area (TPSA) is 202 Å². The number of rotatable bonds is 1. The van der Waals surface area contributed by atoms with E-state index in [0.29, 0.717) is 6.54 Å². The number of nitrogens with zero attached hydrogens (tertiary/aromatic N) is 3. The molecule has 1 aliphatic heterocycles. The van der Waals surface area contributed by atoms with E-state index >= 15 is 0 Å². The van der Waals surface area contributed by atoms with Gasteiger partial charge in [-0.2, -0.15) is 8.42 Å². The summed E-state index contributed by atoms with van der Waals surface area (Å²) < 4.78 is 54.8. The molecule has 143 valence electrons. The molecule has 2 unspecified atom stereocenters. The molecular weight excluding hydrogens is 413 g/mol. The summed E-state index contributed by atoms with van der Waals surface area (Å²) in [5.41, 5.74) is 1.85. The average molecular weight is 427 g/mol. The van der Waals surface area contributed by atoms with Crippen LogP contribution in [0.1, 0.15) is 17.3 Å². The minimum absolute atomic E-state index is 0.204. The fraction of sp³-hybridized carbons (Fsp3) is 0.250. The number of pyridine rings is 1. The second-order valence-corrected chi connectivity index (χ2v) is 6.45. The summed E-state index contributed by atoms with van der Waals surface area (Å²) in [4.78, 5) is 15.0. The van der Waals surface area contributed by atoms with Crippen molar-refractivity contribution in [1.29, 1.82) is 0 Å². The summed E-state index contributed by atoms with van der Waals surface area (Å²) in [5, 5.41) is 15.5. The first kappa shape index (κ1) is 22.2. The Kier molecular flexibility index (Phi) is 8.33. The number of hydrogen-bond acceptors (Lipinski definition) is 6. The van der Waals surface area contributed by atoms with Crippen molar-refractivity contribution in [2.24, 2.45) is 5.92 Å². The minimum atomic E-state index is -4.67. The van der Waals surface area contributed by atoms with Crippen molar-refractivity contribution < 1.29 is 50.0 Å². The van der Waals surface area contributed by atoms with E-state index in [0.717, 1.165) is 11.3 Å².